The Bertz CT molecular complexity index is 2200. The van der Waals surface area contributed by atoms with Crippen LogP contribution in [0.3, 0.4) is 0 Å². The van der Waals surface area contributed by atoms with E-state index in [1.54, 1.807) is 24.5 Å². The Hall–Kier alpha value is -5.70. The van der Waals surface area contributed by atoms with Crippen LogP contribution in [0.5, 0.6) is 0 Å². The maximum Gasteiger partial charge on any atom is 0.340 e. The highest BCUT2D eigenvalue weighted by Crippen LogP contribution is 2.30. The third-order valence-electron chi connectivity index (χ3n) is 7.58. The number of carbonyl (C=O) groups is 2. The third kappa shape index (κ3) is 9.96. The normalized spacial score (nSPS) is 10.8. The standard InChI is InChI=1S/C23H23ClN2O2.C19H15ClN2O2/c1-15-9-11-21(18(13-15)22(27)28-23(2,3)4)26-16-10-12-20(25-14-16)17-7-5-6-8-19(17)24;1-12-6-8-18(15(10-12)19(23)24)22-13-7-9-17(21-11-13)14-4-2-3-5-16(14)20/h5-14,26H,1-4H3;2-11,22H,1H3,(H,23,24). The van der Waals surface area contributed by atoms with Crippen LogP contribution in [0, 0.1) is 13.8 Å². The van der Waals surface area contributed by atoms with Gasteiger partial charge < -0.3 is 20.5 Å². The van der Waals surface area contributed by atoms with E-state index >= 15 is 0 Å². The Morgan fingerprint density at radius 2 is 1.08 bits per heavy atom. The highest BCUT2D eigenvalue weighted by Gasteiger charge is 2.21. The number of hydrogen-bond donors (Lipinski definition) is 3. The third-order valence-corrected chi connectivity index (χ3v) is 8.24. The number of benzene rings is 4. The average molecular weight is 734 g/mol. The van der Waals surface area contributed by atoms with Gasteiger partial charge in [0.05, 0.1) is 57.7 Å². The molecular formula is C42H38Cl2N4O4. The zero-order valence-electron chi connectivity index (χ0n) is 29.4. The molecule has 52 heavy (non-hydrogen) atoms. The first-order valence-electron chi connectivity index (χ1n) is 16.4. The van der Waals surface area contributed by atoms with Gasteiger partial charge in [0, 0.05) is 21.2 Å². The number of pyridine rings is 2. The second-order valence-corrected chi connectivity index (χ2v) is 13.8. The van der Waals surface area contributed by atoms with Crippen LogP contribution in [0.25, 0.3) is 22.5 Å². The summed E-state index contributed by atoms with van der Waals surface area (Å²) in [6.07, 6.45) is 3.38. The molecule has 0 unspecified atom stereocenters. The van der Waals surface area contributed by atoms with Gasteiger partial charge in [0.2, 0.25) is 0 Å². The van der Waals surface area contributed by atoms with Crippen LogP contribution >= 0.6 is 23.2 Å². The number of nitrogens with zero attached hydrogens (tertiary/aromatic N) is 2. The molecule has 3 N–H and O–H groups in total. The molecule has 0 aliphatic heterocycles. The van der Waals surface area contributed by atoms with E-state index in [2.05, 4.69) is 20.6 Å². The fraction of sp³-hybridized carbons (Fsp3) is 0.143. The van der Waals surface area contributed by atoms with Gasteiger partial charge in [-0.05, 0) is 95.3 Å². The summed E-state index contributed by atoms with van der Waals surface area (Å²) >= 11 is 12.4. The van der Waals surface area contributed by atoms with Crippen LogP contribution in [0.15, 0.2) is 122 Å². The Balaban J connectivity index is 0.000000203. The molecule has 0 saturated heterocycles. The molecule has 0 amide bonds. The zero-order valence-corrected chi connectivity index (χ0v) is 30.9. The minimum atomic E-state index is -0.971. The number of ether oxygens (including phenoxy) is 1. The first-order chi connectivity index (χ1) is 24.8. The maximum atomic E-state index is 12.6. The first kappa shape index (κ1) is 37.6. The molecule has 4 aromatic carbocycles. The molecule has 6 aromatic rings. The Morgan fingerprint density at radius 3 is 1.48 bits per heavy atom. The Morgan fingerprint density at radius 1 is 0.635 bits per heavy atom. The van der Waals surface area contributed by atoms with Crippen LogP contribution in [0.4, 0.5) is 22.7 Å². The minimum Gasteiger partial charge on any atom is -0.478 e. The van der Waals surface area contributed by atoms with Gasteiger partial charge in [-0.3, -0.25) is 9.97 Å². The molecule has 0 aliphatic carbocycles. The summed E-state index contributed by atoms with van der Waals surface area (Å²) < 4.78 is 5.54. The number of carbonyl (C=O) groups excluding carboxylic acids is 1. The van der Waals surface area contributed by atoms with E-state index in [-0.39, 0.29) is 11.5 Å². The minimum absolute atomic E-state index is 0.227. The number of aromatic carboxylic acids is 1. The van der Waals surface area contributed by atoms with Gasteiger partial charge in [0.25, 0.3) is 0 Å². The highest BCUT2D eigenvalue weighted by atomic mass is 35.5. The lowest BCUT2D eigenvalue weighted by molar-refractivity contribution is 0.00703. The van der Waals surface area contributed by atoms with E-state index < -0.39 is 11.6 Å². The smallest absolute Gasteiger partial charge is 0.340 e. The predicted molar refractivity (Wildman–Crippen MR) is 210 cm³/mol. The molecule has 6 rings (SSSR count). The summed E-state index contributed by atoms with van der Waals surface area (Å²) in [6, 6.07) is 33.4. The number of carboxylic acid groups (broad SMARTS) is 1. The van der Waals surface area contributed by atoms with E-state index in [1.165, 1.54) is 0 Å². The molecule has 0 radical (unpaired) electrons. The summed E-state index contributed by atoms with van der Waals surface area (Å²) in [6.45, 7) is 9.36. The number of anilines is 4. The van der Waals surface area contributed by atoms with Gasteiger partial charge >= 0.3 is 11.9 Å². The van der Waals surface area contributed by atoms with E-state index in [1.807, 2.05) is 132 Å². The van der Waals surface area contributed by atoms with Crippen molar-refractivity contribution in [2.45, 2.75) is 40.2 Å². The van der Waals surface area contributed by atoms with Crippen LogP contribution in [0.1, 0.15) is 52.6 Å². The topological polar surface area (TPSA) is 113 Å². The summed E-state index contributed by atoms with van der Waals surface area (Å²) in [7, 11) is 0. The fourth-order valence-electron chi connectivity index (χ4n) is 5.12. The second-order valence-electron chi connectivity index (χ2n) is 13.0. The lowest BCUT2D eigenvalue weighted by atomic mass is 10.1. The van der Waals surface area contributed by atoms with Gasteiger partial charge in [-0.15, -0.1) is 0 Å². The summed E-state index contributed by atoms with van der Waals surface area (Å²) in [5.74, 6) is -1.33. The Kier molecular flexibility index (Phi) is 11.9. The highest BCUT2D eigenvalue weighted by molar-refractivity contribution is 6.33. The van der Waals surface area contributed by atoms with E-state index in [9.17, 15) is 14.7 Å². The van der Waals surface area contributed by atoms with E-state index in [4.69, 9.17) is 27.9 Å². The van der Waals surface area contributed by atoms with Crippen molar-refractivity contribution in [1.82, 2.24) is 9.97 Å². The molecule has 0 aliphatic rings. The van der Waals surface area contributed by atoms with Crippen molar-refractivity contribution in [3.63, 3.8) is 0 Å². The number of aromatic nitrogens is 2. The molecule has 0 fully saturated rings. The van der Waals surface area contributed by atoms with Crippen molar-refractivity contribution in [3.8, 4) is 22.5 Å². The number of carboxylic acids is 1. The predicted octanol–water partition coefficient (Wildman–Crippen LogP) is 11.6. The van der Waals surface area contributed by atoms with Gasteiger partial charge in [-0.25, -0.2) is 9.59 Å². The first-order valence-corrected chi connectivity index (χ1v) is 17.2. The lowest BCUT2D eigenvalue weighted by Crippen LogP contribution is -2.24. The number of halogens is 2. The van der Waals surface area contributed by atoms with Crippen LogP contribution in [-0.4, -0.2) is 32.6 Å². The van der Waals surface area contributed by atoms with Gasteiger partial charge in [-0.2, -0.15) is 0 Å². The lowest BCUT2D eigenvalue weighted by Gasteiger charge is -2.21. The molecule has 0 bridgehead atoms. The van der Waals surface area contributed by atoms with Crippen LogP contribution < -0.4 is 10.6 Å². The van der Waals surface area contributed by atoms with Gasteiger partial charge in [0.15, 0.2) is 0 Å². The molecule has 0 atom stereocenters. The number of nitrogens with one attached hydrogen (secondary N) is 2. The quantitative estimate of drug-likeness (QED) is 0.133. The molecular weight excluding hydrogens is 695 g/mol. The largest absolute Gasteiger partial charge is 0.478 e. The second kappa shape index (κ2) is 16.5. The van der Waals surface area contributed by atoms with E-state index in [0.717, 1.165) is 39.3 Å². The van der Waals surface area contributed by atoms with Crippen molar-refractivity contribution in [3.05, 3.63) is 154 Å². The van der Waals surface area contributed by atoms with Crippen LogP contribution in [0.2, 0.25) is 10.0 Å². The van der Waals surface area contributed by atoms with Gasteiger partial charge in [-0.1, -0.05) is 82.9 Å². The maximum absolute atomic E-state index is 12.6. The molecule has 2 heterocycles. The molecule has 0 spiro atoms. The van der Waals surface area contributed by atoms with Crippen LogP contribution in [-0.2, 0) is 4.74 Å². The van der Waals surface area contributed by atoms with Crippen molar-refractivity contribution >= 4 is 57.9 Å². The Labute approximate surface area is 313 Å². The van der Waals surface area contributed by atoms with Crippen molar-refractivity contribution in [2.75, 3.05) is 10.6 Å². The van der Waals surface area contributed by atoms with Crippen molar-refractivity contribution in [1.29, 1.82) is 0 Å². The molecule has 10 heteroatoms. The molecule has 0 saturated carbocycles. The number of aryl methyl sites for hydroxylation is 2. The number of hydrogen-bond acceptors (Lipinski definition) is 7. The van der Waals surface area contributed by atoms with Crippen molar-refractivity contribution in [2.24, 2.45) is 0 Å². The summed E-state index contributed by atoms with van der Waals surface area (Å²) in [5, 5.41) is 17.0. The molecule has 2 aromatic heterocycles. The SMILES string of the molecule is Cc1ccc(Nc2ccc(-c3ccccc3Cl)nc2)c(C(=O)O)c1.Cc1ccc(Nc2ccc(-c3ccccc3Cl)nc2)c(C(=O)OC(C)(C)C)c1. The van der Waals surface area contributed by atoms with Gasteiger partial charge in [0.1, 0.15) is 5.60 Å². The zero-order chi connectivity index (χ0) is 37.4. The summed E-state index contributed by atoms with van der Waals surface area (Å²) in [4.78, 5) is 32.9. The molecule has 264 valence electrons. The number of esters is 1. The average Bonchev–Trinajstić information content (AvgIpc) is 3.10. The van der Waals surface area contributed by atoms with E-state index in [0.29, 0.717) is 32.7 Å². The number of rotatable bonds is 8. The fourth-order valence-corrected chi connectivity index (χ4v) is 5.58. The summed E-state index contributed by atoms with van der Waals surface area (Å²) in [5.41, 5.74) is 7.98. The monoisotopic (exact) mass is 732 g/mol. The molecule has 8 nitrogen and oxygen atoms in total. The van der Waals surface area contributed by atoms with Crippen molar-refractivity contribution < 1.29 is 19.4 Å².